The summed E-state index contributed by atoms with van der Waals surface area (Å²) in [6, 6.07) is 5.18. The number of aliphatic hydroxyl groups excluding tert-OH is 1. The summed E-state index contributed by atoms with van der Waals surface area (Å²) >= 11 is 0. The van der Waals surface area contributed by atoms with Crippen LogP contribution in [0.15, 0.2) is 56.5 Å². The summed E-state index contributed by atoms with van der Waals surface area (Å²) in [5.41, 5.74) is -2.53. The van der Waals surface area contributed by atoms with Gasteiger partial charge in [0.15, 0.2) is 5.83 Å². The Bertz CT molecular complexity index is 1970. The molecule has 2 aromatic carbocycles. The van der Waals surface area contributed by atoms with Crippen molar-refractivity contribution in [2.45, 2.75) is 56.0 Å². The molecule has 4 aliphatic heterocycles. The second kappa shape index (κ2) is 13.6. The number of β-amino-alcohol motifs (C(OH)–C–C–N with tert-alkyl or cyclic N) is 1. The summed E-state index contributed by atoms with van der Waals surface area (Å²) in [4.78, 5) is 17.1. The quantitative estimate of drug-likeness (QED) is 0.211. The van der Waals surface area contributed by atoms with Gasteiger partial charge in [0.05, 0.1) is 45.1 Å². The number of methoxy groups -OCH3 is 1. The number of allylic oxidation sites excluding steroid dienone is 1. The molecule has 4 atom stereocenters. The smallest absolute Gasteiger partial charge is 0.227 e. The Morgan fingerprint density at radius 2 is 2.02 bits per heavy atom. The van der Waals surface area contributed by atoms with Crippen molar-refractivity contribution < 1.29 is 42.7 Å². The van der Waals surface area contributed by atoms with Crippen molar-refractivity contribution in [3.05, 3.63) is 58.4 Å². The van der Waals surface area contributed by atoms with Crippen LogP contribution in [0, 0.1) is 23.6 Å². The van der Waals surface area contributed by atoms with Crippen molar-refractivity contribution in [2.75, 3.05) is 59.8 Å². The van der Waals surface area contributed by atoms with Gasteiger partial charge in [-0.05, 0) is 61.9 Å². The predicted octanol–water partition coefficient (Wildman–Crippen LogP) is 4.10. The molecule has 0 amide bonds. The summed E-state index contributed by atoms with van der Waals surface area (Å²) in [6.45, 7) is 5.84. The SMILES string of the molecule is C#Cc1c(F)ccc2cc(O)cc(C3=C(F)C(=N/COCC45CC(F)CN4CC4(CC4)C5)/C(=C(\N=C)N4CC(CO)OCC(C)(O)C4)C(OC)=N3)c12. The number of phenolic OH excluding ortho intramolecular Hbond substituents is 1. The Labute approximate surface area is 299 Å². The third-order valence-electron chi connectivity index (χ3n) is 10.7. The topological polar surface area (TPSA) is 132 Å². The number of aliphatic hydroxyl groups is 2. The van der Waals surface area contributed by atoms with Gasteiger partial charge in [-0.1, -0.05) is 12.0 Å². The van der Waals surface area contributed by atoms with Gasteiger partial charge < -0.3 is 34.4 Å². The Morgan fingerprint density at radius 1 is 1.23 bits per heavy atom. The molecule has 276 valence electrons. The first-order valence-electron chi connectivity index (χ1n) is 17.2. The average molecular weight is 722 g/mol. The second-order valence-corrected chi connectivity index (χ2v) is 14.9. The normalized spacial score (nSPS) is 30.4. The van der Waals surface area contributed by atoms with E-state index < -0.39 is 35.1 Å². The van der Waals surface area contributed by atoms with Crippen molar-refractivity contribution in [3.63, 3.8) is 0 Å². The van der Waals surface area contributed by atoms with E-state index in [0.717, 1.165) is 31.9 Å². The minimum atomic E-state index is -1.41. The molecule has 4 unspecified atom stereocenters. The number of hydrogen-bond donors (Lipinski definition) is 3. The van der Waals surface area contributed by atoms with Crippen LogP contribution in [0.3, 0.4) is 0 Å². The number of benzene rings is 2. The fraction of sp³-hybridized carbons (Fsp3) is 0.500. The number of aromatic hydroxyl groups is 1. The number of fused-ring (bicyclic) bond motifs is 2. The molecule has 0 radical (unpaired) electrons. The molecular formula is C38H42F3N5O6. The largest absolute Gasteiger partial charge is 0.508 e. The summed E-state index contributed by atoms with van der Waals surface area (Å²) < 4.78 is 64.6. The highest BCUT2D eigenvalue weighted by Crippen LogP contribution is 2.60. The Morgan fingerprint density at radius 3 is 2.71 bits per heavy atom. The van der Waals surface area contributed by atoms with E-state index in [1.54, 1.807) is 11.8 Å². The Hall–Kier alpha value is -4.26. The van der Waals surface area contributed by atoms with Crippen molar-refractivity contribution in [1.82, 2.24) is 9.80 Å². The molecule has 1 aliphatic carbocycles. The molecule has 1 saturated carbocycles. The molecule has 3 N–H and O–H groups in total. The first-order chi connectivity index (χ1) is 24.8. The zero-order valence-electron chi connectivity index (χ0n) is 29.2. The van der Waals surface area contributed by atoms with E-state index in [0.29, 0.717) is 18.4 Å². The van der Waals surface area contributed by atoms with Crippen LogP contribution < -0.4 is 0 Å². The van der Waals surface area contributed by atoms with Crippen molar-refractivity contribution >= 4 is 34.8 Å². The fourth-order valence-electron chi connectivity index (χ4n) is 8.36. The molecule has 4 fully saturated rings. The van der Waals surface area contributed by atoms with Crippen LogP contribution in [-0.2, 0) is 14.2 Å². The molecule has 14 heteroatoms. The molecule has 1 spiro atoms. The minimum absolute atomic E-state index is 0.0168. The van der Waals surface area contributed by atoms with Gasteiger partial charge in [-0.3, -0.25) is 9.89 Å². The Balaban J connectivity index is 1.35. The monoisotopic (exact) mass is 721 g/mol. The number of terminal acetylenes is 1. The number of alkyl halides is 1. The van der Waals surface area contributed by atoms with Gasteiger partial charge in [-0.15, -0.1) is 6.42 Å². The molecule has 52 heavy (non-hydrogen) atoms. The first kappa shape index (κ1) is 36.1. The third-order valence-corrected chi connectivity index (χ3v) is 10.7. The van der Waals surface area contributed by atoms with Crippen LogP contribution in [0.2, 0.25) is 0 Å². The summed E-state index contributed by atoms with van der Waals surface area (Å²) in [5, 5.41) is 32.3. The minimum Gasteiger partial charge on any atom is -0.508 e. The van der Waals surface area contributed by atoms with Gasteiger partial charge in [-0.25, -0.2) is 23.2 Å². The summed E-state index contributed by atoms with van der Waals surface area (Å²) in [7, 11) is 1.31. The summed E-state index contributed by atoms with van der Waals surface area (Å²) in [5.74, 6) is 0.242. The summed E-state index contributed by atoms with van der Waals surface area (Å²) in [6.07, 6.45) is 7.41. The molecule has 4 heterocycles. The van der Waals surface area contributed by atoms with Crippen LogP contribution in [0.4, 0.5) is 13.2 Å². The highest BCUT2D eigenvalue weighted by molar-refractivity contribution is 6.33. The number of rotatable bonds is 8. The third kappa shape index (κ3) is 6.49. The van der Waals surface area contributed by atoms with E-state index in [9.17, 15) is 19.7 Å². The van der Waals surface area contributed by atoms with Gasteiger partial charge >= 0.3 is 0 Å². The van der Waals surface area contributed by atoms with E-state index >= 15 is 8.78 Å². The van der Waals surface area contributed by atoms with Gasteiger partial charge in [0, 0.05) is 42.5 Å². The van der Waals surface area contributed by atoms with E-state index in [1.807, 2.05) is 0 Å². The number of hydrogen-bond acceptors (Lipinski definition) is 11. The van der Waals surface area contributed by atoms with Gasteiger partial charge in [0.1, 0.15) is 52.9 Å². The predicted molar refractivity (Wildman–Crippen MR) is 190 cm³/mol. The van der Waals surface area contributed by atoms with E-state index in [4.69, 9.17) is 20.6 Å². The zero-order valence-corrected chi connectivity index (χ0v) is 29.2. The standard InChI is InChI=1S/C38H42F3N5O6/c1-5-26-28(40)7-6-22-10-24(48)11-27(29(22)26)32-31(41)33(43-21-51-20-38-12-23(39)13-46(38)18-37(16-38)8-9-37)30(35(44-32)50-4)34(42-3)45-14-25(15-47)52-19-36(2,49)17-45/h1,6-7,10-11,23,25,47-49H,3,8-9,12-21H2,2,4H3/b34-30-,43-33+. The van der Waals surface area contributed by atoms with Crippen LogP contribution in [-0.4, -0.2) is 127 Å². The van der Waals surface area contributed by atoms with Crippen LogP contribution >= 0.6 is 0 Å². The highest BCUT2D eigenvalue weighted by Gasteiger charge is 2.62. The number of nitrogens with zero attached hydrogens (tertiary/aromatic N) is 5. The molecule has 3 saturated heterocycles. The number of phenols is 1. The van der Waals surface area contributed by atoms with Crippen LogP contribution in [0.1, 0.15) is 43.7 Å². The molecule has 0 bridgehead atoms. The number of aliphatic imine (C=N–C) groups is 3. The lowest BCUT2D eigenvalue weighted by Gasteiger charge is -2.32. The van der Waals surface area contributed by atoms with Crippen molar-refractivity contribution in [2.24, 2.45) is 20.4 Å². The maximum Gasteiger partial charge on any atom is 0.227 e. The first-order valence-corrected chi connectivity index (χ1v) is 17.2. The molecule has 0 aromatic heterocycles. The maximum absolute atomic E-state index is 17.3. The molecular weight excluding hydrogens is 679 g/mol. The van der Waals surface area contributed by atoms with E-state index in [1.165, 1.54) is 25.3 Å². The maximum atomic E-state index is 17.3. The van der Waals surface area contributed by atoms with Crippen LogP contribution in [0.5, 0.6) is 5.75 Å². The molecule has 2 aromatic rings. The van der Waals surface area contributed by atoms with Gasteiger partial charge in [-0.2, -0.15) is 0 Å². The van der Waals surface area contributed by atoms with E-state index in [2.05, 4.69) is 32.5 Å². The molecule has 7 rings (SSSR count). The molecule has 5 aliphatic rings. The van der Waals surface area contributed by atoms with Crippen LogP contribution in [0.25, 0.3) is 16.5 Å². The van der Waals surface area contributed by atoms with Crippen molar-refractivity contribution in [3.8, 4) is 18.1 Å². The van der Waals surface area contributed by atoms with Crippen molar-refractivity contribution in [1.29, 1.82) is 0 Å². The average Bonchev–Trinajstić information content (AvgIpc) is 3.74. The van der Waals surface area contributed by atoms with Gasteiger partial charge in [0.2, 0.25) is 5.90 Å². The highest BCUT2D eigenvalue weighted by atomic mass is 19.1. The second-order valence-electron chi connectivity index (χ2n) is 14.9. The van der Waals surface area contributed by atoms with Gasteiger partial charge in [0.25, 0.3) is 0 Å². The lowest BCUT2D eigenvalue weighted by molar-refractivity contribution is -0.0534. The van der Waals surface area contributed by atoms with E-state index in [-0.39, 0.29) is 96.0 Å². The lowest BCUT2D eigenvalue weighted by Crippen LogP contribution is -2.43. The molecule has 11 nitrogen and oxygen atoms in total. The zero-order chi connectivity index (χ0) is 37.0. The Kier molecular flexibility index (Phi) is 9.46. The number of halogens is 3. The lowest BCUT2D eigenvalue weighted by atomic mass is 9.89. The fourth-order valence-corrected chi connectivity index (χ4v) is 8.36. The number of ether oxygens (including phenoxy) is 3.